The van der Waals surface area contributed by atoms with Gasteiger partial charge in [-0.2, -0.15) is 5.26 Å². The average Bonchev–Trinajstić information content (AvgIpc) is 2.78. The average molecular weight is 271 g/mol. The second-order valence-electron chi connectivity index (χ2n) is 3.36. The van der Waals surface area contributed by atoms with Crippen molar-refractivity contribution in [3.05, 3.63) is 27.8 Å². The van der Waals surface area contributed by atoms with Gasteiger partial charge in [0.05, 0.1) is 11.0 Å². The number of benzene rings is 1. The summed E-state index contributed by atoms with van der Waals surface area (Å²) in [5.74, 6) is -2.14. The van der Waals surface area contributed by atoms with E-state index in [4.69, 9.17) is 11.0 Å². The van der Waals surface area contributed by atoms with Crippen LogP contribution in [0.5, 0.6) is 0 Å². The monoisotopic (exact) mass is 271 g/mol. The number of carbonyl (C=O) groups excluding carboxylic acids is 1. The first kappa shape index (κ1) is 15.0. The first-order chi connectivity index (χ1) is 8.56. The Morgan fingerprint density at radius 2 is 2.11 bits per heavy atom. The Morgan fingerprint density at radius 1 is 1.47 bits per heavy atom. The molecule has 0 fully saturated rings. The fourth-order valence-electron chi connectivity index (χ4n) is 1.54. The molecule has 9 nitrogen and oxygen atoms in total. The molecule has 1 aromatic carbocycles. The number of hydrogen-bond acceptors (Lipinski definition) is 7. The fourth-order valence-corrected chi connectivity index (χ4v) is 1.54. The number of nitro benzene ring substituents is 1. The Balaban J connectivity index is 0.00000180. The molecule has 0 radical (unpaired) electrons. The molecule has 0 spiro atoms. The number of carbonyl (C=O) groups is 1. The van der Waals surface area contributed by atoms with Gasteiger partial charge >= 0.3 is 35.2 Å². The Kier molecular flexibility index (Phi) is 4.55. The molecule has 19 heavy (non-hydrogen) atoms. The predicted molar refractivity (Wildman–Crippen MR) is 63.2 cm³/mol. The van der Waals surface area contributed by atoms with Gasteiger partial charge in [0.1, 0.15) is 5.52 Å². The van der Waals surface area contributed by atoms with E-state index < -0.39 is 16.7 Å². The number of nitrogens with two attached hydrogens (primary N) is 1. The zero-order valence-electron chi connectivity index (χ0n) is 8.73. The van der Waals surface area contributed by atoms with E-state index >= 15 is 0 Å². The molecule has 1 unspecified atom stereocenters. The predicted octanol–water partition coefficient (Wildman–Crippen LogP) is -0.425. The Morgan fingerprint density at radius 3 is 2.63 bits per heavy atom. The zero-order chi connectivity index (χ0) is 13.3. The molecule has 0 aliphatic heterocycles. The van der Waals surface area contributed by atoms with Gasteiger partial charge < -0.3 is 5.73 Å². The number of nitriles is 1. The van der Waals surface area contributed by atoms with Gasteiger partial charge in [0.2, 0.25) is 11.4 Å². The van der Waals surface area contributed by atoms with E-state index in [9.17, 15) is 14.9 Å². The SMILES string of the molecule is N#CC(C(N)=O)c1ccc([N+](=O)[O-])c2nonc12.[NaH]. The van der Waals surface area contributed by atoms with E-state index in [-0.39, 0.29) is 51.8 Å². The molecule has 0 aliphatic carbocycles. The number of primary amides is 1. The quantitative estimate of drug-likeness (QED) is 0.452. The number of nitrogens with zero attached hydrogens (tertiary/aromatic N) is 4. The van der Waals surface area contributed by atoms with Gasteiger partial charge in [-0.1, -0.05) is 0 Å². The van der Waals surface area contributed by atoms with Gasteiger partial charge in [-0.25, -0.2) is 4.63 Å². The molecule has 2 N–H and O–H groups in total. The summed E-state index contributed by atoms with van der Waals surface area (Å²) in [5, 5.41) is 26.4. The number of non-ortho nitro benzene ring substituents is 1. The van der Waals surface area contributed by atoms with Crippen molar-refractivity contribution in [2.45, 2.75) is 5.92 Å². The second kappa shape index (κ2) is 5.75. The topological polar surface area (TPSA) is 149 Å². The number of hydrogen-bond donors (Lipinski definition) is 1. The Bertz CT molecular complexity index is 691. The molecule has 1 amide bonds. The van der Waals surface area contributed by atoms with Crippen LogP contribution in [-0.2, 0) is 4.79 Å². The molecule has 0 aliphatic rings. The summed E-state index contributed by atoms with van der Waals surface area (Å²) in [6.07, 6.45) is 0. The summed E-state index contributed by atoms with van der Waals surface area (Å²) in [5.41, 5.74) is 4.73. The first-order valence-corrected chi connectivity index (χ1v) is 4.64. The van der Waals surface area contributed by atoms with Crippen LogP contribution in [0.2, 0.25) is 0 Å². The summed E-state index contributed by atoms with van der Waals surface area (Å²) < 4.78 is 4.40. The molecule has 0 saturated heterocycles. The molecule has 0 bridgehead atoms. The van der Waals surface area contributed by atoms with Crippen molar-refractivity contribution in [1.29, 1.82) is 5.26 Å². The van der Waals surface area contributed by atoms with Crippen LogP contribution in [0.25, 0.3) is 11.0 Å². The molecule has 1 heterocycles. The van der Waals surface area contributed by atoms with Crippen molar-refractivity contribution in [3.63, 3.8) is 0 Å². The van der Waals surface area contributed by atoms with Crippen molar-refractivity contribution in [2.75, 3.05) is 0 Å². The van der Waals surface area contributed by atoms with Gasteiger partial charge in [0.15, 0.2) is 5.92 Å². The molecule has 1 aromatic heterocycles. The summed E-state index contributed by atoms with van der Waals surface area (Å²) in [4.78, 5) is 21.2. The Labute approximate surface area is 127 Å². The summed E-state index contributed by atoms with van der Waals surface area (Å²) in [7, 11) is 0. The van der Waals surface area contributed by atoms with E-state index in [1.165, 1.54) is 6.07 Å². The molecular formula is C9H6N5NaO4. The molecule has 92 valence electrons. The van der Waals surface area contributed by atoms with Gasteiger partial charge in [-0.3, -0.25) is 14.9 Å². The molecule has 2 aromatic rings. The standard InChI is InChI=1S/C9H5N5O4.Na.H/c10-3-5(9(11)15)4-1-2-6(14(16)17)8-7(4)12-18-13-8;;/h1-2,5H,(H2,11,15);;. The normalized spacial score (nSPS) is 11.3. The minimum atomic E-state index is -1.26. The van der Waals surface area contributed by atoms with Crippen molar-refractivity contribution >= 4 is 52.2 Å². The second-order valence-corrected chi connectivity index (χ2v) is 3.36. The van der Waals surface area contributed by atoms with E-state index in [0.717, 1.165) is 6.07 Å². The Hall–Kier alpha value is -2.02. The minimum absolute atomic E-state index is 0. The summed E-state index contributed by atoms with van der Waals surface area (Å²) in [6.45, 7) is 0. The third-order valence-corrected chi connectivity index (χ3v) is 2.35. The van der Waals surface area contributed by atoms with Gasteiger partial charge in [-0.15, -0.1) is 0 Å². The molecule has 0 saturated carbocycles. The number of aromatic nitrogens is 2. The van der Waals surface area contributed by atoms with Crippen LogP contribution in [0.4, 0.5) is 5.69 Å². The summed E-state index contributed by atoms with van der Waals surface area (Å²) in [6, 6.07) is 4.05. The number of fused-ring (bicyclic) bond motifs is 1. The van der Waals surface area contributed by atoms with Crippen LogP contribution < -0.4 is 5.73 Å². The van der Waals surface area contributed by atoms with E-state index in [1.54, 1.807) is 6.07 Å². The van der Waals surface area contributed by atoms with E-state index in [0.29, 0.717) is 0 Å². The summed E-state index contributed by atoms with van der Waals surface area (Å²) >= 11 is 0. The third kappa shape index (κ3) is 2.55. The third-order valence-electron chi connectivity index (χ3n) is 2.35. The zero-order valence-corrected chi connectivity index (χ0v) is 8.73. The van der Waals surface area contributed by atoms with Crippen LogP contribution >= 0.6 is 0 Å². The van der Waals surface area contributed by atoms with Gasteiger partial charge in [0, 0.05) is 11.6 Å². The molecule has 1 atom stereocenters. The van der Waals surface area contributed by atoms with Crippen molar-refractivity contribution in [2.24, 2.45) is 5.73 Å². The molecule has 2 rings (SSSR count). The van der Waals surface area contributed by atoms with Gasteiger partial charge in [-0.05, 0) is 16.4 Å². The number of amides is 1. The van der Waals surface area contributed by atoms with Crippen LogP contribution in [-0.4, -0.2) is 50.7 Å². The number of nitro groups is 1. The van der Waals surface area contributed by atoms with Gasteiger partial charge in [0.25, 0.3) is 0 Å². The maximum absolute atomic E-state index is 11.1. The molecule has 10 heteroatoms. The van der Waals surface area contributed by atoms with Crippen LogP contribution in [0.1, 0.15) is 11.5 Å². The van der Waals surface area contributed by atoms with Crippen LogP contribution in [0.3, 0.4) is 0 Å². The van der Waals surface area contributed by atoms with Crippen molar-refractivity contribution < 1.29 is 14.3 Å². The fraction of sp³-hybridized carbons (Fsp3) is 0.111. The van der Waals surface area contributed by atoms with Crippen molar-refractivity contribution in [1.82, 2.24) is 10.3 Å². The number of rotatable bonds is 3. The van der Waals surface area contributed by atoms with E-state index in [1.807, 2.05) is 0 Å². The van der Waals surface area contributed by atoms with Crippen molar-refractivity contribution in [3.8, 4) is 6.07 Å². The maximum atomic E-state index is 11.1. The van der Waals surface area contributed by atoms with E-state index in [2.05, 4.69) is 14.9 Å². The molecular weight excluding hydrogens is 265 g/mol. The van der Waals surface area contributed by atoms with Crippen LogP contribution in [0, 0.1) is 21.4 Å². The van der Waals surface area contributed by atoms with Crippen LogP contribution in [0.15, 0.2) is 16.8 Å². The first-order valence-electron chi connectivity index (χ1n) is 4.64.